The first-order valence-corrected chi connectivity index (χ1v) is 7.75. The third-order valence-corrected chi connectivity index (χ3v) is 4.43. The lowest BCUT2D eigenvalue weighted by Crippen LogP contribution is -2.36. The van der Waals surface area contributed by atoms with Crippen molar-refractivity contribution in [2.24, 2.45) is 0 Å². The van der Waals surface area contributed by atoms with Crippen molar-refractivity contribution in [1.82, 2.24) is 14.9 Å². The van der Waals surface area contributed by atoms with Gasteiger partial charge in [-0.15, -0.1) is 0 Å². The molecule has 0 bridgehead atoms. The van der Waals surface area contributed by atoms with E-state index in [4.69, 9.17) is 11.6 Å². The minimum atomic E-state index is -0.456. The van der Waals surface area contributed by atoms with Crippen LogP contribution in [-0.2, 0) is 0 Å². The molecule has 1 aliphatic rings. The molecule has 2 aromatic rings. The molecule has 1 fully saturated rings. The van der Waals surface area contributed by atoms with Gasteiger partial charge in [0, 0.05) is 29.9 Å². The molecule has 1 aliphatic heterocycles. The van der Waals surface area contributed by atoms with Gasteiger partial charge in [-0.2, -0.15) is 0 Å². The highest BCUT2D eigenvalue weighted by Gasteiger charge is 2.23. The van der Waals surface area contributed by atoms with Crippen molar-refractivity contribution >= 4 is 11.6 Å². The molecule has 1 aromatic heterocycles. The molecule has 0 saturated carbocycles. The van der Waals surface area contributed by atoms with Crippen LogP contribution in [0.5, 0.6) is 0 Å². The summed E-state index contributed by atoms with van der Waals surface area (Å²) in [5, 5.41) is 11.0. The number of β-amino-alcohol motifs (C(OH)–C–C–N with tert-alkyl or cyclic N) is 1. The number of rotatable bonds is 4. The number of nitrogens with one attached hydrogen (secondary N) is 1. The van der Waals surface area contributed by atoms with Gasteiger partial charge in [0.15, 0.2) is 0 Å². The van der Waals surface area contributed by atoms with Gasteiger partial charge in [0.2, 0.25) is 0 Å². The van der Waals surface area contributed by atoms with Crippen molar-refractivity contribution in [1.29, 1.82) is 0 Å². The fourth-order valence-corrected chi connectivity index (χ4v) is 3.05. The summed E-state index contributed by atoms with van der Waals surface area (Å²) in [7, 11) is 0. The van der Waals surface area contributed by atoms with Crippen LogP contribution in [0, 0.1) is 0 Å². The maximum Gasteiger partial charge on any atom is 0.109 e. The summed E-state index contributed by atoms with van der Waals surface area (Å²) in [6, 6.07) is 7.43. The number of aromatic nitrogens is 2. The molecule has 4 nitrogen and oxygen atoms in total. The standard InChI is InChI=1S/C16H20ClN3O/c17-14-3-1-12(2-4-14)15(21)11-20-9-5-13(6-10-20)16-18-7-8-19-16/h1-4,7-8,13,15,21H,5-6,9-11H2,(H,18,19)/t15-/m1/s1. The number of piperidine rings is 1. The lowest BCUT2D eigenvalue weighted by atomic mass is 9.95. The summed E-state index contributed by atoms with van der Waals surface area (Å²) in [4.78, 5) is 9.87. The second-order valence-electron chi connectivity index (χ2n) is 5.62. The van der Waals surface area contributed by atoms with Gasteiger partial charge in [-0.25, -0.2) is 4.98 Å². The molecule has 3 rings (SSSR count). The van der Waals surface area contributed by atoms with Crippen LogP contribution in [0.1, 0.15) is 36.3 Å². The van der Waals surface area contributed by atoms with E-state index in [-0.39, 0.29) is 0 Å². The van der Waals surface area contributed by atoms with Gasteiger partial charge in [-0.05, 0) is 43.6 Å². The molecule has 0 amide bonds. The maximum absolute atomic E-state index is 10.3. The van der Waals surface area contributed by atoms with Gasteiger partial charge in [0.1, 0.15) is 5.82 Å². The van der Waals surface area contributed by atoms with E-state index < -0.39 is 6.10 Å². The minimum Gasteiger partial charge on any atom is -0.387 e. The topological polar surface area (TPSA) is 52.1 Å². The van der Waals surface area contributed by atoms with E-state index in [0.717, 1.165) is 37.3 Å². The molecule has 5 heteroatoms. The Balaban J connectivity index is 1.52. The quantitative estimate of drug-likeness (QED) is 0.913. The van der Waals surface area contributed by atoms with Crippen LogP contribution >= 0.6 is 11.6 Å². The summed E-state index contributed by atoms with van der Waals surface area (Å²) in [5.41, 5.74) is 0.924. The van der Waals surface area contributed by atoms with Gasteiger partial charge in [-0.3, -0.25) is 0 Å². The first kappa shape index (κ1) is 14.6. The average molecular weight is 306 g/mol. The molecule has 1 saturated heterocycles. The molecule has 0 aliphatic carbocycles. The molecule has 112 valence electrons. The highest BCUT2D eigenvalue weighted by atomic mass is 35.5. The number of halogens is 1. The number of benzene rings is 1. The first-order valence-electron chi connectivity index (χ1n) is 7.37. The lowest BCUT2D eigenvalue weighted by Gasteiger charge is -2.32. The minimum absolute atomic E-state index is 0.456. The van der Waals surface area contributed by atoms with Crippen LogP contribution < -0.4 is 0 Å². The Bertz CT molecular complexity index is 547. The van der Waals surface area contributed by atoms with E-state index >= 15 is 0 Å². The molecule has 1 atom stereocenters. The van der Waals surface area contributed by atoms with E-state index in [1.54, 1.807) is 0 Å². The molecular formula is C16H20ClN3O. The Kier molecular flexibility index (Phi) is 4.58. The predicted molar refractivity (Wildman–Crippen MR) is 83.4 cm³/mol. The van der Waals surface area contributed by atoms with Crippen molar-refractivity contribution in [3.63, 3.8) is 0 Å². The second kappa shape index (κ2) is 6.60. The summed E-state index contributed by atoms with van der Waals surface area (Å²) in [6.45, 7) is 2.67. The van der Waals surface area contributed by atoms with Gasteiger partial charge in [-0.1, -0.05) is 23.7 Å². The third-order valence-electron chi connectivity index (χ3n) is 4.18. The molecule has 0 radical (unpaired) electrons. The van der Waals surface area contributed by atoms with Crippen molar-refractivity contribution in [3.05, 3.63) is 53.1 Å². The van der Waals surface area contributed by atoms with E-state index in [0.29, 0.717) is 17.5 Å². The largest absolute Gasteiger partial charge is 0.387 e. The average Bonchev–Trinajstić information content (AvgIpc) is 3.03. The van der Waals surface area contributed by atoms with Gasteiger partial charge >= 0.3 is 0 Å². The molecule has 0 spiro atoms. The number of aliphatic hydroxyl groups excluding tert-OH is 1. The second-order valence-corrected chi connectivity index (χ2v) is 6.05. The summed E-state index contributed by atoms with van der Waals surface area (Å²) in [6.07, 6.45) is 5.40. The maximum atomic E-state index is 10.3. The van der Waals surface area contributed by atoms with Crippen LogP contribution in [0.15, 0.2) is 36.7 Å². The van der Waals surface area contributed by atoms with Crippen LogP contribution in [0.25, 0.3) is 0 Å². The predicted octanol–water partition coefficient (Wildman–Crippen LogP) is 2.98. The van der Waals surface area contributed by atoms with Crippen LogP contribution in [-0.4, -0.2) is 39.6 Å². The monoisotopic (exact) mass is 305 g/mol. The van der Waals surface area contributed by atoms with Crippen molar-refractivity contribution in [2.75, 3.05) is 19.6 Å². The third kappa shape index (κ3) is 3.64. The number of hydrogen-bond donors (Lipinski definition) is 2. The Morgan fingerprint density at radius 2 is 2.00 bits per heavy atom. The summed E-state index contributed by atoms with van der Waals surface area (Å²) in [5.74, 6) is 1.61. The number of H-pyrrole nitrogens is 1. The number of imidazole rings is 1. The van der Waals surface area contributed by atoms with Crippen LogP contribution in [0.4, 0.5) is 0 Å². The van der Waals surface area contributed by atoms with Crippen molar-refractivity contribution in [3.8, 4) is 0 Å². The van der Waals surface area contributed by atoms with Gasteiger partial charge in [0.05, 0.1) is 6.10 Å². The zero-order valence-corrected chi connectivity index (χ0v) is 12.6. The highest BCUT2D eigenvalue weighted by Crippen LogP contribution is 2.26. The highest BCUT2D eigenvalue weighted by molar-refractivity contribution is 6.30. The normalized spacial score (nSPS) is 18.8. The number of aliphatic hydroxyl groups is 1. The number of likely N-dealkylation sites (tertiary alicyclic amines) is 1. The zero-order valence-electron chi connectivity index (χ0n) is 11.9. The Hall–Kier alpha value is -1.36. The zero-order chi connectivity index (χ0) is 14.7. The molecule has 0 unspecified atom stereocenters. The van der Waals surface area contributed by atoms with E-state index in [1.807, 2.05) is 36.7 Å². The number of nitrogens with zero attached hydrogens (tertiary/aromatic N) is 2. The Labute approximate surface area is 129 Å². The van der Waals surface area contributed by atoms with Crippen molar-refractivity contribution in [2.45, 2.75) is 24.9 Å². The number of aromatic amines is 1. The molecular weight excluding hydrogens is 286 g/mol. The Morgan fingerprint density at radius 1 is 1.29 bits per heavy atom. The summed E-state index contributed by atoms with van der Waals surface area (Å²) >= 11 is 5.87. The van der Waals surface area contributed by atoms with Gasteiger partial charge < -0.3 is 15.0 Å². The summed E-state index contributed by atoms with van der Waals surface area (Å²) < 4.78 is 0. The van der Waals surface area contributed by atoms with E-state index in [2.05, 4.69) is 14.9 Å². The van der Waals surface area contributed by atoms with E-state index in [1.165, 1.54) is 0 Å². The molecule has 21 heavy (non-hydrogen) atoms. The lowest BCUT2D eigenvalue weighted by molar-refractivity contribution is 0.0966. The molecule has 1 aromatic carbocycles. The van der Waals surface area contributed by atoms with E-state index in [9.17, 15) is 5.11 Å². The fourth-order valence-electron chi connectivity index (χ4n) is 2.92. The molecule has 2 N–H and O–H groups in total. The smallest absolute Gasteiger partial charge is 0.109 e. The van der Waals surface area contributed by atoms with Crippen LogP contribution in [0.2, 0.25) is 5.02 Å². The van der Waals surface area contributed by atoms with Crippen LogP contribution in [0.3, 0.4) is 0 Å². The molecule has 2 heterocycles. The Morgan fingerprint density at radius 3 is 2.62 bits per heavy atom. The number of hydrogen-bond acceptors (Lipinski definition) is 3. The van der Waals surface area contributed by atoms with Crippen molar-refractivity contribution < 1.29 is 5.11 Å². The first-order chi connectivity index (χ1) is 10.2. The SMILES string of the molecule is O[C@H](CN1CCC(c2ncc[nH]2)CC1)c1ccc(Cl)cc1. The van der Waals surface area contributed by atoms with Gasteiger partial charge in [0.25, 0.3) is 0 Å². The fraction of sp³-hybridized carbons (Fsp3) is 0.438.